The van der Waals surface area contributed by atoms with Crippen LogP contribution < -0.4 is 14.2 Å². The second-order valence-corrected chi connectivity index (χ2v) is 3.79. The highest BCUT2D eigenvalue weighted by Crippen LogP contribution is 2.40. The Labute approximate surface area is 111 Å². The number of aromatic nitrogens is 1. The average molecular weight is 261 g/mol. The highest BCUT2D eigenvalue weighted by atomic mass is 16.5. The van der Waals surface area contributed by atoms with Gasteiger partial charge in [-0.1, -0.05) is 0 Å². The van der Waals surface area contributed by atoms with Crippen molar-refractivity contribution in [2.45, 2.75) is 0 Å². The molecule has 0 aliphatic carbocycles. The lowest BCUT2D eigenvalue weighted by Gasteiger charge is -2.14. The van der Waals surface area contributed by atoms with E-state index in [0.717, 1.165) is 0 Å². The zero-order chi connectivity index (χ0) is 13.8. The molecule has 5 nitrogen and oxygen atoms in total. The number of ether oxygens (including phenoxy) is 3. The van der Waals surface area contributed by atoms with Gasteiger partial charge in [0, 0.05) is 6.20 Å². The molecule has 0 saturated heterocycles. The molecule has 1 N–H and O–H groups in total. The van der Waals surface area contributed by atoms with Crippen LogP contribution in [0.5, 0.6) is 17.2 Å². The molecule has 19 heavy (non-hydrogen) atoms. The Morgan fingerprint density at radius 3 is 2.26 bits per heavy atom. The van der Waals surface area contributed by atoms with E-state index in [1.165, 1.54) is 21.3 Å². The van der Waals surface area contributed by atoms with Gasteiger partial charge in [0.1, 0.15) is 0 Å². The van der Waals surface area contributed by atoms with E-state index in [9.17, 15) is 4.79 Å². The molecule has 5 heteroatoms. The molecule has 0 atom stereocenters. The van der Waals surface area contributed by atoms with Crippen molar-refractivity contribution in [1.29, 1.82) is 0 Å². The standard InChI is InChI=1S/C14H15NO4/c1-17-11-7-6-9(13(18-2)14(11)19-3)12(16)10-5-4-8-15-10/h4-8,15H,1-3H3. The number of benzene rings is 1. The van der Waals surface area contributed by atoms with Crippen LogP contribution in [0.3, 0.4) is 0 Å². The molecule has 0 spiro atoms. The van der Waals surface area contributed by atoms with Crippen molar-refractivity contribution in [3.8, 4) is 17.2 Å². The van der Waals surface area contributed by atoms with Crippen molar-refractivity contribution in [3.63, 3.8) is 0 Å². The van der Waals surface area contributed by atoms with Crippen LogP contribution in [0.25, 0.3) is 0 Å². The highest BCUT2D eigenvalue weighted by molar-refractivity contribution is 6.10. The van der Waals surface area contributed by atoms with Gasteiger partial charge >= 0.3 is 0 Å². The van der Waals surface area contributed by atoms with Gasteiger partial charge < -0.3 is 19.2 Å². The number of carbonyl (C=O) groups excluding carboxylic acids is 1. The Kier molecular flexibility index (Phi) is 3.75. The van der Waals surface area contributed by atoms with Gasteiger partial charge in [0.15, 0.2) is 11.5 Å². The minimum Gasteiger partial charge on any atom is -0.493 e. The Balaban J connectivity index is 2.55. The van der Waals surface area contributed by atoms with E-state index in [0.29, 0.717) is 28.5 Å². The number of carbonyl (C=O) groups is 1. The summed E-state index contributed by atoms with van der Waals surface area (Å²) < 4.78 is 15.7. The van der Waals surface area contributed by atoms with Crippen molar-refractivity contribution in [2.24, 2.45) is 0 Å². The second kappa shape index (κ2) is 5.48. The maximum atomic E-state index is 12.3. The van der Waals surface area contributed by atoms with Gasteiger partial charge in [0.2, 0.25) is 11.5 Å². The molecular weight excluding hydrogens is 246 g/mol. The molecule has 100 valence electrons. The molecule has 0 amide bonds. The first-order valence-electron chi connectivity index (χ1n) is 5.70. The largest absolute Gasteiger partial charge is 0.493 e. The maximum Gasteiger partial charge on any atom is 0.213 e. The third-order valence-electron chi connectivity index (χ3n) is 2.79. The van der Waals surface area contributed by atoms with Crippen molar-refractivity contribution < 1.29 is 19.0 Å². The Morgan fingerprint density at radius 2 is 1.74 bits per heavy atom. The summed E-state index contributed by atoms with van der Waals surface area (Å²) in [5, 5.41) is 0. The molecule has 1 heterocycles. The first-order valence-corrected chi connectivity index (χ1v) is 5.70. The number of ketones is 1. The summed E-state index contributed by atoms with van der Waals surface area (Å²) in [6.07, 6.45) is 1.69. The number of hydrogen-bond donors (Lipinski definition) is 1. The van der Waals surface area contributed by atoms with Crippen LogP contribution in [0.2, 0.25) is 0 Å². The zero-order valence-electron chi connectivity index (χ0n) is 11.0. The van der Waals surface area contributed by atoms with Crippen LogP contribution in [0.15, 0.2) is 30.5 Å². The van der Waals surface area contributed by atoms with Gasteiger partial charge in [-0.05, 0) is 24.3 Å². The van der Waals surface area contributed by atoms with Crippen molar-refractivity contribution in [3.05, 3.63) is 41.7 Å². The third kappa shape index (κ3) is 2.27. The molecule has 0 aliphatic rings. The van der Waals surface area contributed by atoms with E-state index in [-0.39, 0.29) is 5.78 Å². The van der Waals surface area contributed by atoms with Gasteiger partial charge in [0.05, 0.1) is 32.6 Å². The summed E-state index contributed by atoms with van der Waals surface area (Å²) in [5.74, 6) is 1.12. The topological polar surface area (TPSA) is 60.6 Å². The van der Waals surface area contributed by atoms with E-state index in [4.69, 9.17) is 14.2 Å². The number of rotatable bonds is 5. The molecule has 0 saturated carbocycles. The molecule has 0 aliphatic heterocycles. The number of hydrogen-bond acceptors (Lipinski definition) is 4. The molecule has 1 aromatic heterocycles. The van der Waals surface area contributed by atoms with Gasteiger partial charge in [-0.25, -0.2) is 0 Å². The van der Waals surface area contributed by atoms with E-state index in [1.54, 1.807) is 30.5 Å². The van der Waals surface area contributed by atoms with Crippen LogP contribution in [0.4, 0.5) is 0 Å². The summed E-state index contributed by atoms with van der Waals surface area (Å²) in [7, 11) is 4.52. The zero-order valence-corrected chi connectivity index (χ0v) is 11.0. The number of H-pyrrole nitrogens is 1. The van der Waals surface area contributed by atoms with Crippen molar-refractivity contribution in [1.82, 2.24) is 4.98 Å². The first kappa shape index (κ1) is 13.0. The summed E-state index contributed by atoms with van der Waals surface area (Å²) in [6, 6.07) is 6.81. The fourth-order valence-corrected chi connectivity index (χ4v) is 1.90. The minimum absolute atomic E-state index is 0.164. The van der Waals surface area contributed by atoms with Gasteiger partial charge in [-0.15, -0.1) is 0 Å². The molecule has 0 unspecified atom stereocenters. The molecule has 1 aromatic carbocycles. The SMILES string of the molecule is COc1ccc(C(=O)c2ccc[nH]2)c(OC)c1OC. The molecule has 2 rings (SSSR count). The number of nitrogens with one attached hydrogen (secondary N) is 1. The number of aromatic amines is 1. The van der Waals surface area contributed by atoms with Crippen molar-refractivity contribution in [2.75, 3.05) is 21.3 Å². The maximum absolute atomic E-state index is 12.3. The average Bonchev–Trinajstić information content (AvgIpc) is 2.98. The molecular formula is C14H15NO4. The molecule has 0 bridgehead atoms. The number of methoxy groups -OCH3 is 3. The van der Waals surface area contributed by atoms with Gasteiger partial charge in [-0.3, -0.25) is 4.79 Å². The molecule has 0 radical (unpaired) electrons. The quantitative estimate of drug-likeness (QED) is 0.839. The molecule has 2 aromatic rings. The first-order chi connectivity index (χ1) is 9.22. The third-order valence-corrected chi connectivity index (χ3v) is 2.79. The summed E-state index contributed by atoms with van der Waals surface area (Å²) in [4.78, 5) is 15.2. The van der Waals surface area contributed by atoms with Gasteiger partial charge in [0.25, 0.3) is 0 Å². The van der Waals surface area contributed by atoms with Crippen LogP contribution in [-0.4, -0.2) is 32.1 Å². The van der Waals surface area contributed by atoms with Gasteiger partial charge in [-0.2, -0.15) is 0 Å². The predicted octanol–water partition coefficient (Wildman–Crippen LogP) is 2.27. The van der Waals surface area contributed by atoms with Crippen LogP contribution in [0.1, 0.15) is 16.1 Å². The van der Waals surface area contributed by atoms with E-state index < -0.39 is 0 Å². The summed E-state index contributed by atoms with van der Waals surface area (Å²) in [5.41, 5.74) is 0.910. The van der Waals surface area contributed by atoms with Crippen LogP contribution in [-0.2, 0) is 0 Å². The van der Waals surface area contributed by atoms with Crippen molar-refractivity contribution >= 4 is 5.78 Å². The van der Waals surface area contributed by atoms with E-state index >= 15 is 0 Å². The Hall–Kier alpha value is -2.43. The predicted molar refractivity (Wildman–Crippen MR) is 70.3 cm³/mol. The van der Waals surface area contributed by atoms with Crippen LogP contribution in [0, 0.1) is 0 Å². The fraction of sp³-hybridized carbons (Fsp3) is 0.214. The monoisotopic (exact) mass is 261 g/mol. The smallest absolute Gasteiger partial charge is 0.213 e. The Bertz CT molecular complexity index is 575. The second-order valence-electron chi connectivity index (χ2n) is 3.79. The highest BCUT2D eigenvalue weighted by Gasteiger charge is 2.21. The summed E-state index contributed by atoms with van der Waals surface area (Å²) in [6.45, 7) is 0. The van der Waals surface area contributed by atoms with Crippen LogP contribution >= 0.6 is 0 Å². The molecule has 0 fully saturated rings. The lowest BCUT2D eigenvalue weighted by atomic mass is 10.1. The normalized spacial score (nSPS) is 10.1. The summed E-state index contributed by atoms with van der Waals surface area (Å²) >= 11 is 0. The minimum atomic E-state index is -0.164. The fourth-order valence-electron chi connectivity index (χ4n) is 1.90. The van der Waals surface area contributed by atoms with E-state index in [1.807, 2.05) is 0 Å². The Morgan fingerprint density at radius 1 is 1.00 bits per heavy atom. The lowest BCUT2D eigenvalue weighted by molar-refractivity contribution is 0.103. The lowest BCUT2D eigenvalue weighted by Crippen LogP contribution is -2.06. The van der Waals surface area contributed by atoms with E-state index in [2.05, 4.69) is 4.98 Å².